The topological polar surface area (TPSA) is 31.2 Å². The number of hydrogen-bond donors (Lipinski definition) is 0. The molecule has 0 bridgehead atoms. The second-order valence-corrected chi connectivity index (χ2v) is 5.26. The van der Waals surface area contributed by atoms with Crippen molar-refractivity contribution in [1.82, 2.24) is 4.57 Å². The van der Waals surface area contributed by atoms with Crippen molar-refractivity contribution in [2.75, 3.05) is 7.11 Å². The number of methoxy groups -OCH3 is 1. The van der Waals surface area contributed by atoms with E-state index >= 15 is 0 Å². The average Bonchev–Trinajstić information content (AvgIpc) is 2.22. The maximum absolute atomic E-state index is 12.3. The van der Waals surface area contributed by atoms with Crippen molar-refractivity contribution in [3.8, 4) is 0 Å². The molecule has 0 spiro atoms. The van der Waals surface area contributed by atoms with Crippen LogP contribution in [0.1, 0.15) is 38.3 Å². The van der Waals surface area contributed by atoms with Crippen LogP contribution in [0.2, 0.25) is 0 Å². The molecule has 0 aliphatic heterocycles. The molecule has 1 aliphatic carbocycles. The van der Waals surface area contributed by atoms with E-state index in [1.165, 1.54) is 0 Å². The lowest BCUT2D eigenvalue weighted by Gasteiger charge is -2.36. The molecule has 3 heteroatoms. The van der Waals surface area contributed by atoms with E-state index < -0.39 is 0 Å². The summed E-state index contributed by atoms with van der Waals surface area (Å²) in [6.45, 7) is 4.27. The van der Waals surface area contributed by atoms with Crippen molar-refractivity contribution in [2.24, 2.45) is 5.92 Å². The molecular weight excluding hydrogens is 214 g/mol. The van der Waals surface area contributed by atoms with Gasteiger partial charge in [-0.1, -0.05) is 19.9 Å². The van der Waals surface area contributed by atoms with E-state index in [1.807, 2.05) is 22.9 Å². The Labute approximate surface area is 102 Å². The molecule has 0 N–H and O–H groups in total. The Bertz CT molecular complexity index is 434. The second kappa shape index (κ2) is 5.05. The molecule has 0 radical (unpaired) electrons. The predicted octanol–water partition coefficient (Wildman–Crippen LogP) is 2.40. The zero-order valence-electron chi connectivity index (χ0n) is 10.8. The molecule has 0 amide bonds. The summed E-state index contributed by atoms with van der Waals surface area (Å²) in [4.78, 5) is 12.3. The fraction of sp³-hybridized carbons (Fsp3) is 0.643. The van der Waals surface area contributed by atoms with Gasteiger partial charge in [0.1, 0.15) is 0 Å². The van der Waals surface area contributed by atoms with Gasteiger partial charge in [0.15, 0.2) is 0 Å². The molecule has 0 saturated heterocycles. The van der Waals surface area contributed by atoms with Crippen LogP contribution in [0, 0.1) is 5.92 Å². The summed E-state index contributed by atoms with van der Waals surface area (Å²) in [7, 11) is 1.72. The van der Waals surface area contributed by atoms with Crippen LogP contribution in [0.25, 0.3) is 0 Å². The lowest BCUT2D eigenvalue weighted by atomic mass is 9.88. The number of pyridine rings is 1. The van der Waals surface area contributed by atoms with Crippen LogP contribution >= 0.6 is 0 Å². The van der Waals surface area contributed by atoms with Gasteiger partial charge in [0.05, 0.1) is 12.1 Å². The minimum atomic E-state index is 0.160. The summed E-state index contributed by atoms with van der Waals surface area (Å²) >= 11 is 0. The Morgan fingerprint density at radius 3 is 2.76 bits per heavy atom. The van der Waals surface area contributed by atoms with Crippen molar-refractivity contribution in [1.29, 1.82) is 0 Å². The van der Waals surface area contributed by atoms with Crippen LogP contribution in [-0.2, 0) is 11.2 Å². The van der Waals surface area contributed by atoms with Crippen molar-refractivity contribution >= 4 is 0 Å². The molecule has 2 atom stereocenters. The van der Waals surface area contributed by atoms with Crippen molar-refractivity contribution in [3.63, 3.8) is 0 Å². The molecule has 3 nitrogen and oxygen atoms in total. The number of rotatable bonds is 4. The van der Waals surface area contributed by atoms with E-state index in [0.717, 1.165) is 24.8 Å². The van der Waals surface area contributed by atoms with Crippen LogP contribution in [-0.4, -0.2) is 17.8 Å². The third-order valence-electron chi connectivity index (χ3n) is 3.52. The maximum Gasteiger partial charge on any atom is 0.254 e. The Balaban J connectivity index is 2.26. The van der Waals surface area contributed by atoms with Gasteiger partial charge >= 0.3 is 0 Å². The highest BCUT2D eigenvalue weighted by Crippen LogP contribution is 2.33. The molecule has 1 heterocycles. The molecule has 0 aromatic carbocycles. The summed E-state index contributed by atoms with van der Waals surface area (Å²) in [6, 6.07) is 4.16. The van der Waals surface area contributed by atoms with Gasteiger partial charge in [-0.2, -0.15) is 0 Å². The van der Waals surface area contributed by atoms with Crippen LogP contribution in [0.15, 0.2) is 23.1 Å². The fourth-order valence-corrected chi connectivity index (χ4v) is 2.46. The van der Waals surface area contributed by atoms with E-state index in [2.05, 4.69) is 13.8 Å². The standard InChI is InChI=1S/C14H21NO2/c1-10(2)9-11-5-4-8-15(14(11)16)12-6-7-13(12)17-3/h4-5,8,10,12-13H,6-7,9H2,1-3H3/t12-,13-/m0/s1. The van der Waals surface area contributed by atoms with E-state index in [9.17, 15) is 4.79 Å². The molecule has 1 fully saturated rings. The van der Waals surface area contributed by atoms with E-state index in [0.29, 0.717) is 5.92 Å². The largest absolute Gasteiger partial charge is 0.379 e. The average molecular weight is 235 g/mol. The Morgan fingerprint density at radius 2 is 2.24 bits per heavy atom. The fourth-order valence-electron chi connectivity index (χ4n) is 2.46. The first-order chi connectivity index (χ1) is 8.13. The molecule has 0 unspecified atom stereocenters. The van der Waals surface area contributed by atoms with Crippen LogP contribution in [0.3, 0.4) is 0 Å². The van der Waals surface area contributed by atoms with Gasteiger partial charge in [0.25, 0.3) is 5.56 Å². The first-order valence-corrected chi connectivity index (χ1v) is 6.36. The summed E-state index contributed by atoms with van der Waals surface area (Å²) in [5.74, 6) is 0.512. The first kappa shape index (κ1) is 12.4. The third kappa shape index (κ3) is 2.44. The van der Waals surface area contributed by atoms with Crippen LogP contribution < -0.4 is 5.56 Å². The number of aromatic nitrogens is 1. The number of nitrogens with zero attached hydrogens (tertiary/aromatic N) is 1. The van der Waals surface area contributed by atoms with Gasteiger partial charge in [0.2, 0.25) is 0 Å². The Morgan fingerprint density at radius 1 is 1.47 bits per heavy atom. The minimum Gasteiger partial charge on any atom is -0.379 e. The van der Waals surface area contributed by atoms with E-state index in [4.69, 9.17) is 4.74 Å². The normalized spacial score (nSPS) is 23.8. The second-order valence-electron chi connectivity index (χ2n) is 5.26. The molecule has 1 saturated carbocycles. The van der Waals surface area contributed by atoms with Gasteiger partial charge in [-0.15, -0.1) is 0 Å². The molecule has 1 aromatic heterocycles. The molecule has 2 rings (SSSR count). The van der Waals surface area contributed by atoms with Gasteiger partial charge in [-0.25, -0.2) is 0 Å². The van der Waals surface area contributed by atoms with Gasteiger partial charge in [-0.05, 0) is 31.2 Å². The smallest absolute Gasteiger partial charge is 0.254 e. The quantitative estimate of drug-likeness (QED) is 0.802. The monoisotopic (exact) mass is 235 g/mol. The minimum absolute atomic E-state index is 0.160. The third-order valence-corrected chi connectivity index (χ3v) is 3.52. The summed E-state index contributed by atoms with van der Waals surface area (Å²) in [5.41, 5.74) is 1.08. The van der Waals surface area contributed by atoms with Crippen molar-refractivity contribution < 1.29 is 4.74 Å². The maximum atomic E-state index is 12.3. The lowest BCUT2D eigenvalue weighted by molar-refractivity contribution is -0.0105. The summed E-state index contributed by atoms with van der Waals surface area (Å²) < 4.78 is 7.23. The number of ether oxygens (including phenoxy) is 1. The molecule has 94 valence electrons. The van der Waals surface area contributed by atoms with Crippen LogP contribution in [0.4, 0.5) is 0 Å². The zero-order chi connectivity index (χ0) is 12.4. The van der Waals surface area contributed by atoms with Crippen molar-refractivity contribution in [2.45, 2.75) is 45.3 Å². The molecule has 17 heavy (non-hydrogen) atoms. The Hall–Kier alpha value is -1.09. The molecule has 1 aromatic rings. The van der Waals surface area contributed by atoms with Crippen LogP contribution in [0.5, 0.6) is 0 Å². The van der Waals surface area contributed by atoms with Gasteiger partial charge in [-0.3, -0.25) is 4.79 Å². The highest BCUT2D eigenvalue weighted by Gasteiger charge is 2.32. The van der Waals surface area contributed by atoms with Crippen molar-refractivity contribution in [3.05, 3.63) is 34.2 Å². The molecular formula is C14H21NO2. The first-order valence-electron chi connectivity index (χ1n) is 6.36. The summed E-state index contributed by atoms with van der Waals surface area (Å²) in [5, 5.41) is 0. The van der Waals surface area contributed by atoms with E-state index in [1.54, 1.807) is 7.11 Å². The number of hydrogen-bond acceptors (Lipinski definition) is 2. The highest BCUT2D eigenvalue weighted by molar-refractivity contribution is 5.12. The predicted molar refractivity (Wildman–Crippen MR) is 68.3 cm³/mol. The summed E-state index contributed by atoms with van der Waals surface area (Å²) in [6.07, 6.45) is 5.06. The SMILES string of the molecule is CO[C@H]1CC[C@@H]1n1cccc(CC(C)C)c1=O. The molecule has 1 aliphatic rings. The lowest BCUT2D eigenvalue weighted by Crippen LogP contribution is -2.41. The zero-order valence-corrected chi connectivity index (χ0v) is 10.8. The Kier molecular flexibility index (Phi) is 3.67. The highest BCUT2D eigenvalue weighted by atomic mass is 16.5. The van der Waals surface area contributed by atoms with E-state index in [-0.39, 0.29) is 17.7 Å². The van der Waals surface area contributed by atoms with Gasteiger partial charge < -0.3 is 9.30 Å². The van der Waals surface area contributed by atoms with Gasteiger partial charge in [0, 0.05) is 18.9 Å².